The quantitative estimate of drug-likeness (QED) is 0.214. The van der Waals surface area contributed by atoms with Crippen molar-refractivity contribution in [2.45, 2.75) is 45.8 Å². The number of H-pyrrole nitrogens is 1. The molecular weight excluding hydrogens is 508 g/mol. The molecule has 0 amide bonds. The molecule has 13 heteroatoms. The Bertz CT molecular complexity index is 1560. The number of nitrogen functional groups attached to an aromatic ring is 1. The first-order valence-electron chi connectivity index (χ1n) is 11.5. The number of nitrogens with one attached hydrogen (secondary N) is 1. The summed E-state index contributed by atoms with van der Waals surface area (Å²) in [6.45, 7) is 3.89. The van der Waals surface area contributed by atoms with Crippen molar-refractivity contribution in [1.82, 2.24) is 24.7 Å². The van der Waals surface area contributed by atoms with Gasteiger partial charge in [0.05, 0.1) is 28.4 Å². The summed E-state index contributed by atoms with van der Waals surface area (Å²) in [5.41, 5.74) is 3.49. The second kappa shape index (κ2) is 11.8. The molecule has 3 aromatic heterocycles. The number of pyridine rings is 1. The van der Waals surface area contributed by atoms with Crippen LogP contribution < -0.4 is 16.9 Å². The summed E-state index contributed by atoms with van der Waals surface area (Å²) >= 11 is 0. The van der Waals surface area contributed by atoms with Gasteiger partial charge in [-0.15, -0.1) is 0 Å². The largest absolute Gasteiger partial charge is 0.419 e. The molecule has 0 aliphatic heterocycles. The van der Waals surface area contributed by atoms with E-state index in [0.29, 0.717) is 24.3 Å². The molecule has 0 spiro atoms. The smallest absolute Gasteiger partial charge is 0.397 e. The first-order chi connectivity index (χ1) is 17.9. The van der Waals surface area contributed by atoms with Crippen LogP contribution in [0.4, 0.5) is 23.2 Å². The molecule has 9 nitrogen and oxygen atoms in total. The van der Waals surface area contributed by atoms with Gasteiger partial charge in [0.25, 0.3) is 11.1 Å². The summed E-state index contributed by atoms with van der Waals surface area (Å²) in [4.78, 5) is 41.4. The van der Waals surface area contributed by atoms with Crippen LogP contribution in [0.15, 0.2) is 52.6 Å². The molecule has 0 bridgehead atoms. The van der Waals surface area contributed by atoms with E-state index in [-0.39, 0.29) is 39.4 Å². The zero-order valence-electron chi connectivity index (χ0n) is 20.5. The van der Waals surface area contributed by atoms with Crippen molar-refractivity contribution in [3.8, 4) is 11.4 Å². The van der Waals surface area contributed by atoms with E-state index in [1.807, 2.05) is 0 Å². The Morgan fingerprint density at radius 3 is 2.34 bits per heavy atom. The zero-order valence-corrected chi connectivity index (χ0v) is 20.5. The van der Waals surface area contributed by atoms with E-state index in [2.05, 4.69) is 27.1 Å². The van der Waals surface area contributed by atoms with E-state index in [0.717, 1.165) is 25.3 Å². The number of anilines is 1. The summed E-state index contributed by atoms with van der Waals surface area (Å²) in [5.74, 6) is -1.29. The Labute approximate surface area is 213 Å². The molecule has 0 aliphatic rings. The minimum Gasteiger partial charge on any atom is -0.397 e. The molecular formula is C25H24F4N6O3. The number of carbonyl (C=O) groups is 1. The number of carbonyl (C=O) groups excluding carboxylic acids is 1. The molecule has 200 valence electrons. The maximum Gasteiger partial charge on any atom is 0.419 e. The van der Waals surface area contributed by atoms with Crippen LogP contribution in [0.3, 0.4) is 0 Å². The number of fused-ring (bicyclic) bond motifs is 1. The first-order valence-corrected chi connectivity index (χ1v) is 11.5. The SMILES string of the molecule is CC(=O)c1c(N)cn[nH]c1=O.CCCCCn1ccc2cc(-c3ncc(C(F)(F)F)cn3)c(F)cc2c1=O. The maximum absolute atomic E-state index is 14.5. The molecule has 0 unspecified atom stereocenters. The third-order valence-corrected chi connectivity index (χ3v) is 5.52. The van der Waals surface area contributed by atoms with E-state index in [1.165, 1.54) is 23.8 Å². The molecule has 38 heavy (non-hydrogen) atoms. The van der Waals surface area contributed by atoms with Gasteiger partial charge in [0.15, 0.2) is 11.6 Å². The molecule has 0 fully saturated rings. The summed E-state index contributed by atoms with van der Waals surface area (Å²) in [6, 6.07) is 4.14. The highest BCUT2D eigenvalue weighted by Crippen LogP contribution is 2.29. The molecule has 1 aromatic carbocycles. The number of rotatable bonds is 6. The molecule has 3 heterocycles. The van der Waals surface area contributed by atoms with Crippen molar-refractivity contribution in [1.29, 1.82) is 0 Å². The summed E-state index contributed by atoms with van der Waals surface area (Å²) in [5, 5.41) is 6.22. The van der Waals surface area contributed by atoms with Crippen molar-refractivity contribution < 1.29 is 22.4 Å². The van der Waals surface area contributed by atoms with E-state index in [1.54, 1.807) is 12.3 Å². The van der Waals surface area contributed by atoms with Crippen LogP contribution in [0.1, 0.15) is 49.0 Å². The Morgan fingerprint density at radius 1 is 1.11 bits per heavy atom. The lowest BCUT2D eigenvalue weighted by Gasteiger charge is -2.10. The number of aromatic nitrogens is 5. The Hall–Kier alpha value is -4.42. The summed E-state index contributed by atoms with van der Waals surface area (Å²) in [6.07, 6.45) is 2.38. The lowest BCUT2D eigenvalue weighted by Crippen LogP contribution is -2.19. The minimum atomic E-state index is -4.57. The van der Waals surface area contributed by atoms with Crippen LogP contribution >= 0.6 is 0 Å². The molecule has 4 rings (SSSR count). The van der Waals surface area contributed by atoms with Gasteiger partial charge in [-0.2, -0.15) is 18.3 Å². The number of unbranched alkanes of at least 4 members (excludes halogenated alkanes) is 2. The second-order valence-corrected chi connectivity index (χ2v) is 8.32. The van der Waals surface area contributed by atoms with E-state index >= 15 is 0 Å². The number of halogens is 4. The van der Waals surface area contributed by atoms with E-state index in [9.17, 15) is 31.9 Å². The van der Waals surface area contributed by atoms with Gasteiger partial charge in [0.1, 0.15) is 11.4 Å². The fraction of sp³-hybridized carbons (Fsp3) is 0.280. The number of nitrogens with two attached hydrogens (primary N) is 1. The van der Waals surface area contributed by atoms with Crippen molar-refractivity contribution in [2.24, 2.45) is 0 Å². The van der Waals surface area contributed by atoms with E-state index < -0.39 is 23.1 Å². The number of ketones is 1. The number of benzene rings is 1. The lowest BCUT2D eigenvalue weighted by atomic mass is 10.1. The van der Waals surface area contributed by atoms with Crippen LogP contribution in [0.2, 0.25) is 0 Å². The number of Topliss-reactive ketones (excluding diaryl/α,β-unsaturated/α-hetero) is 1. The molecule has 0 saturated carbocycles. The third kappa shape index (κ3) is 6.47. The third-order valence-electron chi connectivity index (χ3n) is 5.52. The van der Waals surface area contributed by atoms with Gasteiger partial charge in [-0.1, -0.05) is 19.8 Å². The topological polar surface area (TPSA) is 137 Å². The second-order valence-electron chi connectivity index (χ2n) is 8.32. The monoisotopic (exact) mass is 532 g/mol. The maximum atomic E-state index is 14.5. The number of aromatic amines is 1. The average molecular weight is 532 g/mol. The number of alkyl halides is 3. The Kier molecular flexibility index (Phi) is 8.71. The van der Waals surface area contributed by atoms with Crippen molar-refractivity contribution in [3.05, 3.63) is 80.6 Å². The lowest BCUT2D eigenvalue weighted by molar-refractivity contribution is -0.138. The zero-order chi connectivity index (χ0) is 28.0. The Balaban J connectivity index is 0.000000304. The van der Waals surface area contributed by atoms with Gasteiger partial charge in [-0.25, -0.2) is 19.5 Å². The normalized spacial score (nSPS) is 11.2. The van der Waals surface area contributed by atoms with Gasteiger partial charge >= 0.3 is 6.18 Å². The molecule has 0 saturated heterocycles. The summed E-state index contributed by atoms with van der Waals surface area (Å²) < 4.78 is 53.9. The number of hydrogen-bond acceptors (Lipinski definition) is 7. The predicted molar refractivity (Wildman–Crippen MR) is 133 cm³/mol. The molecule has 0 atom stereocenters. The van der Waals surface area contributed by atoms with Crippen LogP contribution in [-0.2, 0) is 12.7 Å². The molecule has 4 aromatic rings. The summed E-state index contributed by atoms with van der Waals surface area (Å²) in [7, 11) is 0. The first kappa shape index (κ1) is 28.2. The van der Waals surface area contributed by atoms with Crippen molar-refractivity contribution in [2.75, 3.05) is 5.73 Å². The fourth-order valence-electron chi connectivity index (χ4n) is 3.57. The highest BCUT2D eigenvalue weighted by molar-refractivity contribution is 5.98. The highest BCUT2D eigenvalue weighted by atomic mass is 19.4. The van der Waals surface area contributed by atoms with Gasteiger partial charge in [-0.05, 0) is 36.9 Å². The van der Waals surface area contributed by atoms with Gasteiger partial charge in [0.2, 0.25) is 0 Å². The fourth-order valence-corrected chi connectivity index (χ4v) is 3.57. The van der Waals surface area contributed by atoms with Crippen LogP contribution in [0.5, 0.6) is 0 Å². The van der Waals surface area contributed by atoms with Crippen molar-refractivity contribution in [3.63, 3.8) is 0 Å². The average Bonchev–Trinajstić information content (AvgIpc) is 2.85. The number of aryl methyl sites for hydroxylation is 1. The van der Waals surface area contributed by atoms with Crippen molar-refractivity contribution >= 4 is 22.2 Å². The van der Waals surface area contributed by atoms with Gasteiger partial charge in [0, 0.05) is 25.1 Å². The standard InChI is InChI=1S/C19H17F4N3O.C6H7N3O2/c1-2-3-4-6-26-7-5-12-8-15(16(20)9-14(12)18(26)27)17-24-10-13(11-25-17)19(21,22)23;1-3(10)5-4(7)2-8-9-6(5)11/h5,7-11H,2-4,6H2,1H3;2H,1H3,(H3,7,9,11). The van der Waals surface area contributed by atoms with Gasteiger partial charge in [-0.3, -0.25) is 14.4 Å². The van der Waals surface area contributed by atoms with E-state index in [4.69, 9.17) is 5.73 Å². The number of hydrogen-bond donors (Lipinski definition) is 2. The van der Waals surface area contributed by atoms with Gasteiger partial charge < -0.3 is 10.3 Å². The molecule has 3 N–H and O–H groups in total. The Morgan fingerprint density at radius 2 is 1.79 bits per heavy atom. The predicted octanol–water partition coefficient (Wildman–Crippen LogP) is 4.36. The molecule has 0 radical (unpaired) electrons. The highest BCUT2D eigenvalue weighted by Gasteiger charge is 2.31. The van der Waals surface area contributed by atoms with Crippen LogP contribution in [-0.4, -0.2) is 30.5 Å². The van der Waals surface area contributed by atoms with Crippen LogP contribution in [0, 0.1) is 5.82 Å². The van der Waals surface area contributed by atoms with Crippen LogP contribution in [0.25, 0.3) is 22.2 Å². The minimum absolute atomic E-state index is 0.0278. The molecule has 0 aliphatic carbocycles. The number of nitrogens with zero attached hydrogens (tertiary/aromatic N) is 4.